The van der Waals surface area contributed by atoms with Crippen LogP contribution in [0.5, 0.6) is 0 Å². The van der Waals surface area contributed by atoms with Crippen molar-refractivity contribution in [3.63, 3.8) is 0 Å². The van der Waals surface area contributed by atoms with Crippen molar-refractivity contribution < 1.29 is 9.18 Å². The van der Waals surface area contributed by atoms with Crippen LogP contribution in [-0.2, 0) is 11.8 Å². The van der Waals surface area contributed by atoms with E-state index in [0.29, 0.717) is 5.92 Å². The molecule has 0 spiro atoms. The number of aryl methyl sites for hydroxylation is 1. The fourth-order valence-corrected chi connectivity index (χ4v) is 3.83. The molecule has 24 heavy (non-hydrogen) atoms. The molecule has 0 unspecified atom stereocenters. The lowest BCUT2D eigenvalue weighted by atomic mass is 9.95. The largest absolute Gasteiger partial charge is 0.342 e. The molecule has 1 amide bonds. The number of carbonyl (C=O) groups is 1. The first-order chi connectivity index (χ1) is 11.6. The van der Waals surface area contributed by atoms with Gasteiger partial charge in [-0.05, 0) is 42.9 Å². The van der Waals surface area contributed by atoms with Gasteiger partial charge in [-0.1, -0.05) is 12.1 Å². The van der Waals surface area contributed by atoms with Gasteiger partial charge in [0.2, 0.25) is 5.91 Å². The zero-order valence-electron chi connectivity index (χ0n) is 13.7. The average Bonchev–Trinajstić information content (AvgIpc) is 3.29. The van der Waals surface area contributed by atoms with Gasteiger partial charge < -0.3 is 9.47 Å². The molecule has 1 saturated carbocycles. The molecular weight excluding hydrogens is 307 g/mol. The monoisotopic (exact) mass is 328 g/mol. The first-order valence-electron chi connectivity index (χ1n) is 8.51. The topological polar surface area (TPSA) is 51.0 Å². The Morgan fingerprint density at radius 2 is 2.08 bits per heavy atom. The van der Waals surface area contributed by atoms with Crippen LogP contribution < -0.4 is 0 Å². The van der Waals surface area contributed by atoms with Crippen LogP contribution >= 0.6 is 0 Å². The number of likely N-dealkylation sites (tertiary alicyclic amines) is 1. The summed E-state index contributed by atoms with van der Waals surface area (Å²) in [6.45, 7) is 1.53. The average molecular weight is 328 g/mol. The highest BCUT2D eigenvalue weighted by atomic mass is 19.1. The molecule has 0 bridgehead atoms. The van der Waals surface area contributed by atoms with E-state index in [4.69, 9.17) is 0 Å². The van der Waals surface area contributed by atoms with Crippen molar-refractivity contribution in [2.24, 2.45) is 13.0 Å². The van der Waals surface area contributed by atoms with Gasteiger partial charge >= 0.3 is 0 Å². The zero-order valence-corrected chi connectivity index (χ0v) is 13.7. The van der Waals surface area contributed by atoms with Gasteiger partial charge in [0.25, 0.3) is 0 Å². The summed E-state index contributed by atoms with van der Waals surface area (Å²) in [6.07, 6.45) is 4.41. The summed E-state index contributed by atoms with van der Waals surface area (Å²) in [5.74, 6) is 1.59. The van der Waals surface area contributed by atoms with Crippen LogP contribution in [-0.4, -0.2) is 38.7 Å². The molecule has 1 aromatic carbocycles. The number of hydrogen-bond acceptors (Lipinski definition) is 3. The summed E-state index contributed by atoms with van der Waals surface area (Å²) in [6, 6.07) is 6.64. The first-order valence-corrected chi connectivity index (χ1v) is 8.51. The summed E-state index contributed by atoms with van der Waals surface area (Å²) in [5.41, 5.74) is 0.947. The normalized spacial score (nSPS) is 24.2. The third kappa shape index (κ3) is 2.81. The lowest BCUT2D eigenvalue weighted by Gasteiger charge is -2.31. The van der Waals surface area contributed by atoms with Gasteiger partial charge in [-0.25, -0.2) is 4.39 Å². The number of nitrogens with zero attached hydrogens (tertiary/aromatic N) is 4. The Kier molecular flexibility index (Phi) is 3.82. The molecule has 2 fully saturated rings. The predicted octanol–water partition coefficient (Wildman–Crippen LogP) is 2.46. The maximum absolute atomic E-state index is 13.3. The zero-order chi connectivity index (χ0) is 16.7. The molecule has 1 aliphatic heterocycles. The summed E-state index contributed by atoms with van der Waals surface area (Å²) in [4.78, 5) is 14.7. The van der Waals surface area contributed by atoms with E-state index < -0.39 is 0 Å². The number of rotatable bonds is 3. The van der Waals surface area contributed by atoms with Crippen LogP contribution in [0.4, 0.5) is 4.39 Å². The van der Waals surface area contributed by atoms with Crippen LogP contribution in [0.15, 0.2) is 30.6 Å². The van der Waals surface area contributed by atoms with Crippen LogP contribution in [0.2, 0.25) is 0 Å². The van der Waals surface area contributed by atoms with Crippen LogP contribution in [0, 0.1) is 11.7 Å². The first kappa shape index (κ1) is 15.3. The summed E-state index contributed by atoms with van der Waals surface area (Å²) in [5, 5.41) is 8.13. The molecule has 126 valence electrons. The minimum atomic E-state index is -0.227. The highest BCUT2D eigenvalue weighted by molar-refractivity contribution is 5.83. The van der Waals surface area contributed by atoms with Crippen molar-refractivity contribution >= 4 is 5.91 Å². The summed E-state index contributed by atoms with van der Waals surface area (Å²) >= 11 is 0. The minimum absolute atomic E-state index is 0.0261. The Bertz CT molecular complexity index is 751. The molecular formula is C18H21FN4O. The summed E-state index contributed by atoms with van der Waals surface area (Å²) < 4.78 is 15.3. The number of benzene rings is 1. The standard InChI is InChI=1S/C18H21FN4O/c1-22-11-20-21-17(22)12-5-7-23(8-6-12)18(24)16-10-15(16)13-3-2-4-14(19)9-13/h2-4,9,11-12,15-16H,5-8,10H2,1H3/t15-,16+/m1/s1. The Hall–Kier alpha value is -2.24. The molecule has 0 radical (unpaired) electrons. The van der Waals surface area contributed by atoms with Crippen molar-refractivity contribution in [2.45, 2.75) is 31.1 Å². The molecule has 2 atom stereocenters. The Morgan fingerprint density at radius 1 is 1.29 bits per heavy atom. The van der Waals surface area contributed by atoms with Crippen molar-refractivity contribution in [1.82, 2.24) is 19.7 Å². The number of hydrogen-bond donors (Lipinski definition) is 0. The Morgan fingerprint density at radius 3 is 2.75 bits per heavy atom. The third-order valence-electron chi connectivity index (χ3n) is 5.30. The van der Waals surface area contributed by atoms with E-state index >= 15 is 0 Å². The molecule has 1 saturated heterocycles. The van der Waals surface area contributed by atoms with E-state index in [1.54, 1.807) is 18.5 Å². The molecule has 6 heteroatoms. The van der Waals surface area contributed by atoms with Gasteiger partial charge in [0.15, 0.2) is 0 Å². The van der Waals surface area contributed by atoms with Crippen LogP contribution in [0.25, 0.3) is 0 Å². The number of amides is 1. The SMILES string of the molecule is Cn1cnnc1C1CCN(C(=O)[C@H]2C[C@@H]2c2cccc(F)c2)CC1. The van der Waals surface area contributed by atoms with Gasteiger partial charge in [-0.15, -0.1) is 10.2 Å². The molecule has 2 heterocycles. The molecule has 5 nitrogen and oxygen atoms in total. The minimum Gasteiger partial charge on any atom is -0.342 e. The highest BCUT2D eigenvalue weighted by Crippen LogP contribution is 2.49. The summed E-state index contributed by atoms with van der Waals surface area (Å²) in [7, 11) is 1.96. The van der Waals surface area contributed by atoms with E-state index in [2.05, 4.69) is 10.2 Å². The van der Waals surface area contributed by atoms with E-state index in [1.165, 1.54) is 6.07 Å². The van der Waals surface area contributed by atoms with E-state index in [0.717, 1.165) is 43.7 Å². The van der Waals surface area contributed by atoms with Crippen molar-refractivity contribution in [1.29, 1.82) is 0 Å². The number of piperidine rings is 1. The predicted molar refractivity (Wildman–Crippen MR) is 86.8 cm³/mol. The molecule has 0 N–H and O–H groups in total. The number of carbonyl (C=O) groups excluding carboxylic acids is 1. The van der Waals surface area contributed by atoms with Crippen molar-refractivity contribution in [2.75, 3.05) is 13.1 Å². The van der Waals surface area contributed by atoms with Gasteiger partial charge in [0.05, 0.1) is 0 Å². The maximum Gasteiger partial charge on any atom is 0.226 e. The Balaban J connectivity index is 1.35. The highest BCUT2D eigenvalue weighted by Gasteiger charge is 2.46. The molecule has 4 rings (SSSR count). The van der Waals surface area contributed by atoms with Gasteiger partial charge in [-0.3, -0.25) is 4.79 Å². The lowest BCUT2D eigenvalue weighted by molar-refractivity contribution is -0.133. The second-order valence-electron chi connectivity index (χ2n) is 6.90. The lowest BCUT2D eigenvalue weighted by Crippen LogP contribution is -2.39. The molecule has 1 aliphatic carbocycles. The molecule has 2 aromatic rings. The smallest absolute Gasteiger partial charge is 0.226 e. The van der Waals surface area contributed by atoms with Gasteiger partial charge in [-0.2, -0.15) is 0 Å². The fourth-order valence-electron chi connectivity index (χ4n) is 3.83. The second-order valence-corrected chi connectivity index (χ2v) is 6.90. The number of aromatic nitrogens is 3. The van der Waals surface area contributed by atoms with Crippen molar-refractivity contribution in [3.8, 4) is 0 Å². The van der Waals surface area contributed by atoms with Gasteiger partial charge in [0, 0.05) is 32.0 Å². The van der Waals surface area contributed by atoms with Gasteiger partial charge in [0.1, 0.15) is 18.0 Å². The van der Waals surface area contributed by atoms with E-state index in [9.17, 15) is 9.18 Å². The maximum atomic E-state index is 13.3. The van der Waals surface area contributed by atoms with E-state index in [1.807, 2.05) is 22.6 Å². The van der Waals surface area contributed by atoms with Crippen LogP contribution in [0.3, 0.4) is 0 Å². The molecule has 1 aromatic heterocycles. The van der Waals surface area contributed by atoms with Crippen LogP contribution in [0.1, 0.15) is 42.5 Å². The van der Waals surface area contributed by atoms with Crippen molar-refractivity contribution in [3.05, 3.63) is 47.8 Å². The fraction of sp³-hybridized carbons (Fsp3) is 0.500. The third-order valence-corrected chi connectivity index (χ3v) is 5.30. The number of halogens is 1. The van der Waals surface area contributed by atoms with E-state index in [-0.39, 0.29) is 23.6 Å². The Labute approximate surface area is 140 Å². The molecule has 2 aliphatic rings. The quantitative estimate of drug-likeness (QED) is 0.870. The second kappa shape index (κ2) is 6.00.